The van der Waals surface area contributed by atoms with E-state index in [9.17, 15) is 0 Å². The lowest BCUT2D eigenvalue weighted by Gasteiger charge is -2.61. The molecule has 0 aromatic heterocycles. The largest absolute Gasteiger partial charge is 0.155 e. The van der Waals surface area contributed by atoms with Gasteiger partial charge in [0, 0.05) is 0 Å². The van der Waals surface area contributed by atoms with Crippen LogP contribution in [0.1, 0.15) is 0 Å². The quantitative estimate of drug-likeness (QED) is 0.0465. The average Bonchev–Trinajstić information content (AvgIpc) is 3.11. The predicted octanol–water partition coefficient (Wildman–Crippen LogP) is 31.8. The molecular weight excluding hydrogens is 1950 g/mol. The van der Waals surface area contributed by atoms with Gasteiger partial charge in [0.1, 0.15) is 45.4 Å². The van der Waals surface area contributed by atoms with E-state index < -0.39 is 0 Å². The van der Waals surface area contributed by atoms with Crippen molar-refractivity contribution in [3.05, 3.63) is 0 Å². The van der Waals surface area contributed by atoms with Gasteiger partial charge in [-0.2, -0.15) is 14.7 Å². The highest BCUT2D eigenvalue weighted by Gasteiger charge is 2.62. The van der Waals surface area contributed by atoms with E-state index in [0.717, 1.165) is 8.15 Å². The summed E-state index contributed by atoms with van der Waals surface area (Å²) in [7, 11) is 120. The standard InChI is InChI=1S/B6H69P61/c1-35-38(6)54(39(7)8)62(55(40(9)10)41(11)12)66(63(56(42(13)14)43(15)16)57(44(17)18)45(19)20)67(64(58(46(21)22)47(23)24)59(48(25)26)49(27)28)65(60(50(29)30)51(31)32)61(52(33)34)53(36(2)3)37(4)5/h35H,1-34H2. The van der Waals surface area contributed by atoms with Crippen LogP contribution in [0.3, 0.4) is 0 Å². The Kier molecular flexibility index (Phi) is 71.1. The van der Waals surface area contributed by atoms with E-state index in [1.165, 1.54) is 0 Å². The molecule has 0 rings (SSSR count). The van der Waals surface area contributed by atoms with Gasteiger partial charge in [-0.1, -0.05) is 6.99 Å². The second-order valence-electron chi connectivity index (χ2n) is 11.8. The maximum absolute atomic E-state index is 3.72. The van der Waals surface area contributed by atoms with E-state index in [-0.39, 0.29) is 225 Å². The van der Waals surface area contributed by atoms with Crippen LogP contribution in [0.15, 0.2) is 0 Å². The van der Waals surface area contributed by atoms with Crippen molar-refractivity contribution in [3.63, 3.8) is 0 Å². The summed E-state index contributed by atoms with van der Waals surface area (Å²) < 4.78 is 0. The second kappa shape index (κ2) is 50.9. The fourth-order valence-electron chi connectivity index (χ4n) is 4.50. The van der Waals surface area contributed by atoms with Gasteiger partial charge >= 0.3 is 0 Å². The highest BCUT2D eigenvalue weighted by atomic mass is 33.6. The number of hydrogen-bond donors (Lipinski definition) is 0. The summed E-state index contributed by atoms with van der Waals surface area (Å²) in [5.41, 5.74) is 0. The summed E-state index contributed by atoms with van der Waals surface area (Å²) in [6, 6.07) is 0. The molecule has 0 radical (unpaired) electrons. The highest BCUT2D eigenvalue weighted by Crippen LogP contribution is 3.49. The summed E-state index contributed by atoms with van der Waals surface area (Å²) >= 11 is 0. The van der Waals surface area contributed by atoms with Gasteiger partial charge in [-0.25, -0.2) is 0 Å². The average molecular weight is 2020 g/mol. The van der Waals surface area contributed by atoms with Crippen molar-refractivity contribution < 1.29 is 0 Å². The van der Waals surface area contributed by atoms with Crippen LogP contribution in [0, 0.1) is 0 Å². The Morgan fingerprint density at radius 2 is 0.313 bits per heavy atom. The second-order valence-corrected chi connectivity index (χ2v) is 271. The van der Waals surface area contributed by atoms with Gasteiger partial charge in [0.15, 0.2) is 0 Å². The van der Waals surface area contributed by atoms with Crippen molar-refractivity contribution in [2.45, 2.75) is 0 Å². The Bertz CT molecular complexity index is 1180. The molecule has 67 heavy (non-hydrogen) atoms. The van der Waals surface area contributed by atoms with Gasteiger partial charge in [-0.05, 0) is 196 Å². The van der Waals surface area contributed by atoms with Crippen molar-refractivity contribution in [1.29, 1.82) is 0 Å². The van der Waals surface area contributed by atoms with Gasteiger partial charge in [-0.3, -0.25) is 0 Å². The van der Waals surface area contributed by atoms with Crippen LogP contribution in [0.2, 0.25) is 0 Å². The van der Waals surface area contributed by atoms with Crippen molar-refractivity contribution in [3.8, 4) is 0 Å². The minimum absolute atomic E-state index is 0.0289. The van der Waals surface area contributed by atoms with Crippen LogP contribution < -0.4 is 0 Å². The first-order chi connectivity index (χ1) is 30.5. The van der Waals surface area contributed by atoms with Crippen LogP contribution in [-0.4, -0.2) is 45.4 Å². The molecule has 392 valence electrons. The Morgan fingerprint density at radius 1 is 0.179 bits per heavy atom. The molecular formula is H69B6P61. The zero-order valence-electron chi connectivity index (χ0n) is 37.0. The molecule has 0 aliphatic rings. The highest BCUT2D eigenvalue weighted by molar-refractivity contribution is 9.55. The van der Waals surface area contributed by atoms with E-state index in [0.29, 0.717) is 0 Å². The first-order valence-electron chi connectivity index (χ1n) is 16.4. The molecule has 36 atom stereocenters. The molecule has 0 aliphatic carbocycles. The molecule has 67 heteroatoms. The zero-order chi connectivity index (χ0) is 53.2. The predicted molar refractivity (Wildman–Crippen MR) is 553 cm³/mol. The van der Waals surface area contributed by atoms with E-state index >= 15 is 0 Å². The summed E-state index contributed by atoms with van der Waals surface area (Å²) in [5, 5.41) is 0. The molecule has 0 saturated carbocycles. The Morgan fingerprint density at radius 3 is 0.448 bits per heavy atom. The van der Waals surface area contributed by atoms with E-state index in [1.54, 1.807) is 0 Å². The third-order valence-corrected chi connectivity index (χ3v) is 452. The molecule has 0 spiro atoms. The van der Waals surface area contributed by atoms with Gasteiger partial charge in [-0.15, -0.1) is 265 Å². The molecule has 0 saturated heterocycles. The van der Waals surface area contributed by atoms with Crippen molar-refractivity contribution in [2.75, 3.05) is 0 Å². The summed E-state index contributed by atoms with van der Waals surface area (Å²) in [6.45, 7) is -6.52. The molecule has 36 unspecified atom stereocenters. The minimum Gasteiger partial charge on any atom is -0.155 e. The lowest BCUT2D eigenvalue weighted by atomic mass is 10.7. The summed E-state index contributed by atoms with van der Waals surface area (Å²) in [4.78, 5) is 0. The topological polar surface area (TPSA) is 0 Å². The van der Waals surface area contributed by atoms with Crippen LogP contribution >= 0.6 is 483 Å². The van der Waals surface area contributed by atoms with Crippen molar-refractivity contribution in [1.82, 2.24) is 0 Å². The van der Waals surface area contributed by atoms with Gasteiger partial charge in [0.2, 0.25) is 0 Å². The molecule has 0 bridgehead atoms. The van der Waals surface area contributed by atoms with Crippen LogP contribution in [0.5, 0.6) is 0 Å². The Hall–Kier alpha value is 26.6. The molecule has 0 aliphatic heterocycles. The molecule has 0 nitrogen and oxygen atoms in total. The summed E-state index contributed by atoms with van der Waals surface area (Å²) in [6.07, 6.45) is 0. The molecule has 0 heterocycles. The third-order valence-electron chi connectivity index (χ3n) is 6.44. The molecule has 0 fully saturated rings. The molecule has 0 N–H and O–H groups in total. The van der Waals surface area contributed by atoms with E-state index in [2.05, 4.69) is 295 Å². The monoisotopic (exact) mass is 2020 g/mol. The van der Waals surface area contributed by atoms with Gasteiger partial charge in [0.25, 0.3) is 0 Å². The zero-order valence-corrected chi connectivity index (χ0v) is 98.9. The van der Waals surface area contributed by atoms with Crippen LogP contribution in [0.4, 0.5) is 0 Å². The Labute approximate surface area is 520 Å². The van der Waals surface area contributed by atoms with E-state index in [1.807, 2.05) is 0 Å². The lowest BCUT2D eigenvalue weighted by molar-refractivity contribution is 4.30. The van der Waals surface area contributed by atoms with Crippen LogP contribution in [-0.2, 0) is 0 Å². The fraction of sp³-hybridized carbons (Fsp3) is 0. The Balaban J connectivity index is 11.4. The SMILES string of the molecule is BPP(B)P(P(P)P)P(P(P(P)P)P(P)P)P(P(P(P(P)P)P(P)P)P(P(P)P)P(P)P)P(P(P(P(P)P)P(P)P)P(P(P)P)P(P)P)P(P(P(P)P)P(P)P)P(P(P)P)P(P(B)B)P(B)B. The number of rotatable bonds is 32. The molecule has 0 amide bonds. The third kappa shape index (κ3) is 32.7. The maximum atomic E-state index is 3.72. The van der Waals surface area contributed by atoms with Crippen molar-refractivity contribution >= 4 is 528 Å². The molecule has 0 aromatic carbocycles. The first kappa shape index (κ1) is 93.6. The fourth-order valence-corrected chi connectivity index (χ4v) is 921. The molecule has 0 aromatic rings. The van der Waals surface area contributed by atoms with E-state index in [4.69, 9.17) is 0 Å². The van der Waals surface area contributed by atoms with Crippen molar-refractivity contribution in [2.24, 2.45) is 0 Å². The minimum atomic E-state index is -0.277. The van der Waals surface area contributed by atoms with Gasteiger partial charge < -0.3 is 0 Å². The normalized spacial score (nSPS) is 17.5. The lowest BCUT2D eigenvalue weighted by Crippen LogP contribution is -1.77. The smallest absolute Gasteiger partial charge is 0.144 e. The van der Waals surface area contributed by atoms with Gasteiger partial charge in [0.05, 0.1) is 0 Å². The number of hydrogen-bond acceptors (Lipinski definition) is 0. The summed E-state index contributed by atoms with van der Waals surface area (Å²) in [5.74, 6) is 0. The van der Waals surface area contributed by atoms with Crippen LogP contribution in [0.25, 0.3) is 0 Å². The first-order valence-corrected chi connectivity index (χ1v) is 131. The maximum Gasteiger partial charge on any atom is 0.144 e.